The summed E-state index contributed by atoms with van der Waals surface area (Å²) in [6.45, 7) is 4.09. The normalized spacial score (nSPS) is 20.4. The summed E-state index contributed by atoms with van der Waals surface area (Å²) in [5, 5.41) is 30.3. The predicted octanol–water partition coefficient (Wildman–Crippen LogP) is 10.9. The van der Waals surface area contributed by atoms with Crippen LogP contribution in [-0.2, 0) is 61.6 Å². The molecule has 16 rings (SSSR count). The van der Waals surface area contributed by atoms with Gasteiger partial charge in [0, 0.05) is 88.3 Å². The van der Waals surface area contributed by atoms with Gasteiger partial charge in [-0.15, -0.1) is 0 Å². The molecule has 422 valence electrons. The minimum absolute atomic E-state index is 0. The van der Waals surface area contributed by atoms with E-state index in [1.165, 1.54) is 0 Å². The number of benzene rings is 4. The second-order valence-electron chi connectivity index (χ2n) is 19.9. The van der Waals surface area contributed by atoms with Crippen molar-refractivity contribution >= 4 is 91.8 Å². The number of fused-ring (bicyclic) bond motifs is 6. The first-order valence-electron chi connectivity index (χ1n) is 26.2. The molecule has 8 aromatic heterocycles. The number of para-hydroxylation sites is 4. The van der Waals surface area contributed by atoms with E-state index >= 15 is 0 Å². The summed E-state index contributed by atoms with van der Waals surface area (Å²) in [4.78, 5) is 70.5. The van der Waals surface area contributed by atoms with Crippen molar-refractivity contribution in [3.05, 3.63) is 234 Å². The van der Waals surface area contributed by atoms with Crippen LogP contribution >= 0.6 is 0 Å². The number of rotatable bonds is 8. The molecular formula is C59H61N24Zn2-. The van der Waals surface area contributed by atoms with Crippen LogP contribution in [0.4, 0.5) is 23.8 Å². The Balaban J connectivity index is 0.000000263. The van der Waals surface area contributed by atoms with Crippen LogP contribution in [-0.4, -0.2) is 83.6 Å². The van der Waals surface area contributed by atoms with E-state index in [1.54, 1.807) is 37.2 Å². The molecule has 12 aromatic rings. The van der Waals surface area contributed by atoms with Crippen LogP contribution in [0.25, 0.3) is 54.8 Å². The fraction of sp³-hybridized carbons (Fsp3) is 0.102. The smallest absolute Gasteiger partial charge is 0.383 e. The van der Waals surface area contributed by atoms with Crippen molar-refractivity contribution < 1.29 is 47.5 Å². The van der Waals surface area contributed by atoms with Gasteiger partial charge in [-0.05, 0) is 110 Å². The first kappa shape index (κ1) is 55.2. The molecule has 85 heavy (non-hydrogen) atoms. The van der Waals surface area contributed by atoms with Crippen LogP contribution in [0.3, 0.4) is 0 Å². The molecule has 4 atom stereocenters. The summed E-state index contributed by atoms with van der Waals surface area (Å²) in [7, 11) is 0. The molecule has 0 bridgehead atoms. The number of anilines is 4. The summed E-state index contributed by atoms with van der Waals surface area (Å²) >= 11 is 0. The average Bonchev–Trinajstić information content (AvgIpc) is 1.56. The number of pyridine rings is 4. The van der Waals surface area contributed by atoms with Crippen LogP contribution in [0.15, 0.2) is 203 Å². The maximum atomic E-state index is 5.12. The van der Waals surface area contributed by atoms with Crippen LogP contribution < -0.4 is 31.9 Å². The molecule has 12 heterocycles. The third-order valence-electron chi connectivity index (χ3n) is 14.4. The van der Waals surface area contributed by atoms with E-state index in [0.717, 1.165) is 66.4 Å². The molecule has 4 aliphatic heterocycles. The van der Waals surface area contributed by atoms with E-state index in [4.69, 9.17) is 40.6 Å². The molecule has 0 spiro atoms. The van der Waals surface area contributed by atoms with Gasteiger partial charge in [-0.2, -0.15) is 0 Å². The second-order valence-corrected chi connectivity index (χ2v) is 19.9. The number of hydrogen-bond acceptors (Lipinski definition) is 18. The Hall–Kier alpha value is -10.3. The molecule has 0 saturated carbocycles. The van der Waals surface area contributed by atoms with Crippen LogP contribution in [0.2, 0.25) is 0 Å². The zero-order valence-electron chi connectivity index (χ0n) is 46.0. The summed E-state index contributed by atoms with van der Waals surface area (Å²) in [5.74, 6) is 3.67. The number of guanidine groups is 4. The minimum Gasteiger partial charge on any atom is -0.383 e. The standard InChI is InChI=1S/2C29H23N12.CH3.2Zn.6H2/c2*1-17-11-12-21-22(15-17)35-25(34-21)37-27-39-28(18-7-6-13-30-16-18)29(41-27,23-10-4-5-14-31-23)40-26(38-28)36-24-32-19-8-2-3-9-20(19)33-24;;;;;;;;;/h2*2-16H,1H3,(H5-,32,33,34,35,36,37,38,39,40,41);1H3;;;6*1H/q3*-1;;+2;;;;;;/t2*28-,29+;;;;;;;;;/m00........./s1. The molecule has 24 nitrogen and oxygen atoms in total. The number of aryl methyl sites for hydroxylation is 2. The number of hydrogen-bond donors (Lipinski definition) is 10. The third-order valence-corrected chi connectivity index (χ3v) is 14.4. The van der Waals surface area contributed by atoms with Crippen molar-refractivity contribution in [2.24, 2.45) is 20.0 Å². The Morgan fingerprint density at radius 3 is 1.22 bits per heavy atom. The minimum atomic E-state index is -1.27. The summed E-state index contributed by atoms with van der Waals surface area (Å²) in [6.07, 6.45) is 10.4. The maximum Gasteiger partial charge on any atom is 2.00 e. The third kappa shape index (κ3) is 9.50. The van der Waals surface area contributed by atoms with Crippen molar-refractivity contribution in [2.45, 2.75) is 36.5 Å². The molecule has 4 aromatic carbocycles. The van der Waals surface area contributed by atoms with E-state index < -0.39 is 22.7 Å². The molecule has 0 fully saturated rings. The van der Waals surface area contributed by atoms with Crippen molar-refractivity contribution in [3.8, 4) is 0 Å². The number of aromatic nitrogens is 12. The Morgan fingerprint density at radius 2 is 0.824 bits per heavy atom. The van der Waals surface area contributed by atoms with E-state index in [1.807, 2.05) is 159 Å². The number of aliphatic imine (C=N–C) groups is 4. The van der Waals surface area contributed by atoms with Gasteiger partial charge in [0.15, 0.2) is 22.7 Å². The zero-order valence-corrected chi connectivity index (χ0v) is 51.9. The van der Waals surface area contributed by atoms with Gasteiger partial charge in [-0.25, -0.2) is 29.9 Å². The topological polar surface area (TPSA) is 316 Å². The van der Waals surface area contributed by atoms with Gasteiger partial charge in [0.25, 0.3) is 0 Å². The Kier molecular flexibility index (Phi) is 14.2. The molecule has 10 N–H and O–H groups in total. The summed E-state index contributed by atoms with van der Waals surface area (Å²) in [6, 6.07) is 46.7. The van der Waals surface area contributed by atoms with Gasteiger partial charge in [0.05, 0.1) is 55.5 Å². The van der Waals surface area contributed by atoms with Crippen LogP contribution in [0.1, 0.15) is 42.2 Å². The maximum absolute atomic E-state index is 5.12. The quantitative estimate of drug-likeness (QED) is 0.0500. The fourth-order valence-electron chi connectivity index (χ4n) is 10.8. The molecular weight excluding hydrogens is 1180 g/mol. The molecule has 0 aliphatic carbocycles. The van der Waals surface area contributed by atoms with Gasteiger partial charge < -0.3 is 69.2 Å². The van der Waals surface area contributed by atoms with Crippen LogP contribution in [0.5, 0.6) is 0 Å². The van der Waals surface area contributed by atoms with Gasteiger partial charge in [-0.3, -0.25) is 30.6 Å². The van der Waals surface area contributed by atoms with Crippen molar-refractivity contribution in [1.82, 2.24) is 70.4 Å². The predicted molar refractivity (Wildman–Crippen MR) is 334 cm³/mol. The van der Waals surface area contributed by atoms with Gasteiger partial charge in [0.1, 0.15) is 11.9 Å². The monoisotopic (exact) mass is 1230 g/mol. The fourth-order valence-corrected chi connectivity index (χ4v) is 10.8. The molecule has 0 saturated heterocycles. The molecule has 0 radical (unpaired) electrons. The Bertz CT molecular complexity index is 4220. The van der Waals surface area contributed by atoms with Crippen molar-refractivity contribution in [2.75, 3.05) is 21.3 Å². The van der Waals surface area contributed by atoms with E-state index in [-0.39, 0.29) is 54.9 Å². The van der Waals surface area contributed by atoms with Gasteiger partial charge in [0.2, 0.25) is 23.8 Å². The molecule has 4 aliphatic rings. The largest absolute Gasteiger partial charge is 2.00 e. The van der Waals surface area contributed by atoms with Crippen molar-refractivity contribution in [3.63, 3.8) is 0 Å². The number of nitrogens with one attached hydrogen (secondary N) is 10. The first-order chi connectivity index (χ1) is 40.2. The summed E-state index contributed by atoms with van der Waals surface area (Å²) in [5.41, 5.74) is 7.04. The second kappa shape index (κ2) is 21.8. The number of nitrogens with zero attached hydrogens (tertiary/aromatic N) is 14. The number of imidazole rings is 4. The number of H-pyrrole nitrogens is 4. The van der Waals surface area contributed by atoms with Crippen molar-refractivity contribution in [1.29, 1.82) is 0 Å². The molecule has 0 amide bonds. The van der Waals surface area contributed by atoms with E-state index in [2.05, 4.69) is 81.7 Å². The van der Waals surface area contributed by atoms with E-state index in [9.17, 15) is 0 Å². The Morgan fingerprint density at radius 1 is 0.424 bits per heavy atom. The van der Waals surface area contributed by atoms with Gasteiger partial charge >= 0.3 is 19.5 Å². The molecule has 26 heteroatoms. The van der Waals surface area contributed by atoms with Crippen LogP contribution in [0, 0.1) is 21.3 Å². The summed E-state index contributed by atoms with van der Waals surface area (Å²) < 4.78 is 0. The SMILES string of the molecule is Cc1ccc2nc(NC3=N[C@]4(c5cccnc5)[N-]C(Nc5nc6ccccc6[nH]5)=N[C@]4(c4ccccn4)N3)[nH]c2c1.Cc1ccc2nc(NC3=N[C@]4(c5cccnc5)[N-]C(Nc5nc6ccccc6[nH]5)=N[C@]4(c4ccccn4)N3)[nH]c2c1.[CH3-].[HH].[HH].[HH].[HH].[HH].[HH].[Zn+2].[Zn]. The number of aromatic amines is 4. The zero-order chi connectivity index (χ0) is 54.9. The van der Waals surface area contributed by atoms with Gasteiger partial charge in [-0.1, -0.05) is 60.7 Å². The average molecular weight is 1240 g/mol. The molecule has 0 unspecified atom stereocenters. The first-order valence-corrected chi connectivity index (χ1v) is 26.2. The Labute approximate surface area is 519 Å². The van der Waals surface area contributed by atoms with E-state index in [0.29, 0.717) is 59.0 Å².